The van der Waals surface area contributed by atoms with E-state index in [4.69, 9.17) is 5.73 Å². The molecule has 0 atom stereocenters. The molecule has 0 radical (unpaired) electrons. The van der Waals surface area contributed by atoms with Crippen LogP contribution in [-0.2, 0) is 6.54 Å². The minimum atomic E-state index is 0. The molecule has 0 bridgehead atoms. The summed E-state index contributed by atoms with van der Waals surface area (Å²) in [6.45, 7) is 3.02. The fourth-order valence-electron chi connectivity index (χ4n) is 1.30. The Morgan fingerprint density at radius 2 is 2.14 bits per heavy atom. The van der Waals surface area contributed by atoms with Crippen LogP contribution in [0.2, 0.25) is 0 Å². The van der Waals surface area contributed by atoms with Crippen LogP contribution < -0.4 is 5.73 Å². The molecule has 6 heteroatoms. The van der Waals surface area contributed by atoms with Crippen LogP contribution in [0, 0.1) is 0 Å². The van der Waals surface area contributed by atoms with E-state index in [-0.39, 0.29) is 5.48 Å². The Morgan fingerprint density at radius 3 is 2.86 bits per heavy atom. The van der Waals surface area contributed by atoms with Crippen molar-refractivity contribution in [3.8, 4) is 0 Å². The van der Waals surface area contributed by atoms with E-state index in [9.17, 15) is 0 Å². The zero-order valence-corrected chi connectivity index (χ0v) is 7.94. The normalized spacial score (nSPS) is 10.1. The fraction of sp³-hybridized carbons (Fsp3) is 0.375. The summed E-state index contributed by atoms with van der Waals surface area (Å²) >= 11 is 0. The average Bonchev–Trinajstić information content (AvgIpc) is 2.51. The van der Waals surface area contributed by atoms with Crippen molar-refractivity contribution in [1.29, 1.82) is 0 Å². The van der Waals surface area contributed by atoms with Gasteiger partial charge in [-0.05, 0) is 6.42 Å². The number of nitrogen functional groups attached to an aromatic ring is 1. The molecule has 6 nitrogen and oxygen atoms in total. The van der Waals surface area contributed by atoms with Crippen LogP contribution in [0.25, 0.3) is 11.2 Å². The molecule has 0 aliphatic carbocycles. The van der Waals surface area contributed by atoms with Crippen LogP contribution in [-0.4, -0.2) is 25.0 Å². The van der Waals surface area contributed by atoms with Crippen LogP contribution in [0.5, 0.6) is 0 Å². The number of nitrogens with zero attached hydrogens (tertiary/aromatic N) is 4. The largest absolute Gasteiger partial charge is 0.412 e. The van der Waals surface area contributed by atoms with Crippen molar-refractivity contribution < 1.29 is 5.48 Å². The third-order valence-corrected chi connectivity index (χ3v) is 1.89. The van der Waals surface area contributed by atoms with Gasteiger partial charge in [0.15, 0.2) is 11.5 Å². The van der Waals surface area contributed by atoms with Gasteiger partial charge in [-0.15, -0.1) is 0 Å². The fourth-order valence-corrected chi connectivity index (χ4v) is 1.30. The summed E-state index contributed by atoms with van der Waals surface area (Å²) < 4.78 is 1.98. The van der Waals surface area contributed by atoms with Gasteiger partial charge in [0, 0.05) is 6.54 Å². The molecule has 0 aliphatic rings. The van der Waals surface area contributed by atoms with Crippen LogP contribution in [0.1, 0.15) is 13.3 Å². The van der Waals surface area contributed by atoms with Crippen LogP contribution in [0.15, 0.2) is 12.7 Å². The number of aromatic nitrogens is 4. The highest BCUT2D eigenvalue weighted by Gasteiger charge is 2.05. The topological polar surface area (TPSA) is 101 Å². The SMILES string of the molecule is CCCn1cnc2c(N)ncnc21.O. The second-order valence-electron chi connectivity index (χ2n) is 2.87. The van der Waals surface area contributed by atoms with Crippen molar-refractivity contribution in [1.82, 2.24) is 19.5 Å². The van der Waals surface area contributed by atoms with Crippen molar-refractivity contribution in [3.05, 3.63) is 12.7 Å². The van der Waals surface area contributed by atoms with Gasteiger partial charge in [0.25, 0.3) is 0 Å². The zero-order valence-electron chi connectivity index (χ0n) is 7.94. The molecular formula is C8H13N5O. The Balaban J connectivity index is 0.000000980. The molecule has 0 aromatic carbocycles. The van der Waals surface area contributed by atoms with Crippen molar-refractivity contribution >= 4 is 17.0 Å². The maximum absolute atomic E-state index is 5.64. The lowest BCUT2D eigenvalue weighted by molar-refractivity contribution is 0.691. The van der Waals surface area contributed by atoms with Crippen molar-refractivity contribution in [2.75, 3.05) is 5.73 Å². The van der Waals surface area contributed by atoms with E-state index in [0.29, 0.717) is 11.3 Å². The molecule has 2 rings (SSSR count). The first-order valence-corrected chi connectivity index (χ1v) is 4.24. The minimum absolute atomic E-state index is 0. The average molecular weight is 195 g/mol. The van der Waals surface area contributed by atoms with Crippen LogP contribution in [0.3, 0.4) is 0 Å². The zero-order chi connectivity index (χ0) is 9.26. The van der Waals surface area contributed by atoms with Gasteiger partial charge in [-0.25, -0.2) is 15.0 Å². The Bertz CT molecular complexity index is 425. The molecular weight excluding hydrogens is 182 g/mol. The molecule has 14 heavy (non-hydrogen) atoms. The van der Waals surface area contributed by atoms with E-state index in [0.717, 1.165) is 18.6 Å². The number of anilines is 1. The van der Waals surface area contributed by atoms with Crippen LogP contribution >= 0.6 is 0 Å². The monoisotopic (exact) mass is 195 g/mol. The van der Waals surface area contributed by atoms with Gasteiger partial charge in [0.05, 0.1) is 6.33 Å². The van der Waals surface area contributed by atoms with E-state index < -0.39 is 0 Å². The Labute approximate surface area is 81.1 Å². The molecule has 0 fully saturated rings. The maximum atomic E-state index is 5.64. The van der Waals surface area contributed by atoms with E-state index in [1.165, 1.54) is 6.33 Å². The lowest BCUT2D eigenvalue weighted by Gasteiger charge is -1.99. The maximum Gasteiger partial charge on any atom is 0.165 e. The summed E-state index contributed by atoms with van der Waals surface area (Å²) in [6, 6.07) is 0. The number of hydrogen-bond acceptors (Lipinski definition) is 4. The number of hydrogen-bond donors (Lipinski definition) is 1. The summed E-state index contributed by atoms with van der Waals surface area (Å²) in [5, 5.41) is 0. The second kappa shape index (κ2) is 4.01. The number of rotatable bonds is 2. The van der Waals surface area contributed by atoms with Gasteiger partial charge in [-0.1, -0.05) is 6.92 Å². The molecule has 0 saturated carbocycles. The van der Waals surface area contributed by atoms with Crippen molar-refractivity contribution in [2.24, 2.45) is 0 Å². The minimum Gasteiger partial charge on any atom is -0.412 e. The predicted octanol–water partition coefficient (Wildman–Crippen LogP) is -0.00620. The smallest absolute Gasteiger partial charge is 0.165 e. The highest BCUT2D eigenvalue weighted by Crippen LogP contribution is 2.13. The highest BCUT2D eigenvalue weighted by atomic mass is 16.0. The highest BCUT2D eigenvalue weighted by molar-refractivity contribution is 5.80. The molecule has 0 spiro atoms. The first-order chi connectivity index (χ1) is 6.33. The molecule has 0 saturated heterocycles. The van der Waals surface area contributed by atoms with E-state index in [1.54, 1.807) is 6.33 Å². The van der Waals surface area contributed by atoms with Gasteiger partial charge >= 0.3 is 0 Å². The Hall–Kier alpha value is -1.69. The number of nitrogens with two attached hydrogens (primary N) is 1. The summed E-state index contributed by atoms with van der Waals surface area (Å²) in [5.41, 5.74) is 7.14. The van der Waals surface area contributed by atoms with E-state index >= 15 is 0 Å². The molecule has 0 aliphatic heterocycles. The molecule has 76 valence electrons. The predicted molar refractivity (Wildman–Crippen MR) is 53.6 cm³/mol. The first kappa shape index (κ1) is 10.4. The van der Waals surface area contributed by atoms with Gasteiger partial charge in [-0.3, -0.25) is 0 Å². The molecule has 4 N–H and O–H groups in total. The molecule has 0 amide bonds. The summed E-state index contributed by atoms with van der Waals surface area (Å²) in [6.07, 6.45) is 4.26. The molecule has 2 heterocycles. The second-order valence-corrected chi connectivity index (χ2v) is 2.87. The lowest BCUT2D eigenvalue weighted by atomic mass is 10.4. The third-order valence-electron chi connectivity index (χ3n) is 1.89. The van der Waals surface area contributed by atoms with Crippen LogP contribution in [0.4, 0.5) is 5.82 Å². The van der Waals surface area contributed by atoms with Gasteiger partial charge in [0.2, 0.25) is 0 Å². The molecule has 2 aromatic rings. The van der Waals surface area contributed by atoms with E-state index in [1.807, 2.05) is 4.57 Å². The standard InChI is InChI=1S/C8H11N5.H2O/c1-2-3-13-5-12-6-7(9)10-4-11-8(6)13;/h4-5H,2-3H2,1H3,(H2,9,10,11);1H2. The quantitative estimate of drug-likeness (QED) is 0.728. The van der Waals surface area contributed by atoms with Gasteiger partial charge in [-0.2, -0.15) is 0 Å². The summed E-state index contributed by atoms with van der Waals surface area (Å²) in [7, 11) is 0. The number of fused-ring (bicyclic) bond motifs is 1. The van der Waals surface area contributed by atoms with E-state index in [2.05, 4.69) is 21.9 Å². The van der Waals surface area contributed by atoms with Crippen molar-refractivity contribution in [2.45, 2.75) is 19.9 Å². The van der Waals surface area contributed by atoms with Gasteiger partial charge < -0.3 is 15.8 Å². The van der Waals surface area contributed by atoms with Crippen molar-refractivity contribution in [3.63, 3.8) is 0 Å². The summed E-state index contributed by atoms with van der Waals surface area (Å²) in [5.74, 6) is 0.444. The number of imidazole rings is 1. The lowest BCUT2D eigenvalue weighted by Crippen LogP contribution is -1.98. The third kappa shape index (κ3) is 1.51. The molecule has 2 aromatic heterocycles. The Morgan fingerprint density at radius 1 is 1.36 bits per heavy atom. The summed E-state index contributed by atoms with van der Waals surface area (Å²) in [4.78, 5) is 12.2. The molecule has 0 unspecified atom stereocenters. The first-order valence-electron chi connectivity index (χ1n) is 4.24. The number of aryl methyl sites for hydroxylation is 1. The van der Waals surface area contributed by atoms with Gasteiger partial charge in [0.1, 0.15) is 11.8 Å². The Kier molecular flexibility index (Phi) is 2.98.